The number of hydrogen-bond donors (Lipinski definition) is 2. The number of aromatic nitrogens is 2. The van der Waals surface area contributed by atoms with Gasteiger partial charge in [0.1, 0.15) is 5.82 Å². The molecule has 2 N–H and O–H groups in total. The van der Waals surface area contributed by atoms with Crippen molar-refractivity contribution in [3.63, 3.8) is 0 Å². The zero-order chi connectivity index (χ0) is 26.9. The van der Waals surface area contributed by atoms with Crippen LogP contribution in [0, 0.1) is 5.82 Å². The van der Waals surface area contributed by atoms with Gasteiger partial charge in [-0.2, -0.15) is 5.10 Å². The minimum atomic E-state index is -0.338. The van der Waals surface area contributed by atoms with Crippen molar-refractivity contribution >= 4 is 50.3 Å². The Balaban J connectivity index is 0.000000257. The van der Waals surface area contributed by atoms with Crippen molar-refractivity contribution < 1.29 is 14.0 Å². The number of carbonyl (C=O) groups excluding carboxylic acids is 2. The van der Waals surface area contributed by atoms with E-state index in [1.807, 2.05) is 55.6 Å². The third-order valence-corrected chi connectivity index (χ3v) is 6.72. The molecule has 196 valence electrons. The number of hydrogen-bond acceptors (Lipinski definition) is 5. The van der Waals surface area contributed by atoms with Crippen LogP contribution in [-0.2, 0) is 24.9 Å². The summed E-state index contributed by atoms with van der Waals surface area (Å²) in [7, 11) is 1.85. The average molecular weight is 579 g/mol. The second-order valence-corrected chi connectivity index (χ2v) is 9.74. The summed E-state index contributed by atoms with van der Waals surface area (Å²) >= 11 is 3.31. The summed E-state index contributed by atoms with van der Waals surface area (Å²) in [6.45, 7) is 2.47. The molecule has 2 heterocycles. The van der Waals surface area contributed by atoms with Crippen molar-refractivity contribution in [2.24, 2.45) is 12.0 Å². The third kappa shape index (κ3) is 7.06. The lowest BCUT2D eigenvalue weighted by Gasteiger charge is -2.18. The van der Waals surface area contributed by atoms with Crippen LogP contribution in [-0.4, -0.2) is 35.0 Å². The van der Waals surface area contributed by atoms with Crippen molar-refractivity contribution in [1.29, 1.82) is 0 Å². The molecule has 3 aromatic carbocycles. The first kappa shape index (κ1) is 27.0. The van der Waals surface area contributed by atoms with E-state index in [9.17, 15) is 14.0 Å². The smallest absolute Gasteiger partial charge is 0.319 e. The molecule has 0 spiro atoms. The van der Waals surface area contributed by atoms with Crippen LogP contribution in [0.3, 0.4) is 0 Å². The second kappa shape index (κ2) is 13.0. The normalized spacial score (nSPS) is 12.4. The SMILES string of the molecule is Cn1ncc2c(NC(=O)NCc3ccc(N4CCCC4)c(F)c3)cccc21.O=C=NCc1ccc(Br)cc1. The number of anilines is 2. The number of carbonyl (C=O) groups is 1. The molecule has 0 bridgehead atoms. The Kier molecular flexibility index (Phi) is 9.24. The topological polar surface area (TPSA) is 91.6 Å². The molecule has 0 saturated carbocycles. The van der Waals surface area contributed by atoms with Crippen LogP contribution in [0.2, 0.25) is 0 Å². The van der Waals surface area contributed by atoms with E-state index in [1.54, 1.807) is 16.9 Å². The van der Waals surface area contributed by atoms with Gasteiger partial charge in [0.05, 0.1) is 29.6 Å². The average Bonchev–Trinajstić information content (AvgIpc) is 3.59. The summed E-state index contributed by atoms with van der Waals surface area (Å²) < 4.78 is 17.1. The van der Waals surface area contributed by atoms with Crippen LogP contribution in [0.25, 0.3) is 10.9 Å². The van der Waals surface area contributed by atoms with Crippen LogP contribution in [0.15, 0.2) is 76.3 Å². The maximum absolute atomic E-state index is 14.4. The van der Waals surface area contributed by atoms with Crippen molar-refractivity contribution in [3.05, 3.63) is 88.3 Å². The highest BCUT2D eigenvalue weighted by molar-refractivity contribution is 9.10. The van der Waals surface area contributed by atoms with Crippen molar-refractivity contribution in [2.45, 2.75) is 25.9 Å². The van der Waals surface area contributed by atoms with E-state index in [2.05, 4.69) is 41.6 Å². The molecule has 4 aromatic rings. The van der Waals surface area contributed by atoms with E-state index in [0.717, 1.165) is 52.4 Å². The minimum Gasteiger partial charge on any atom is -0.369 e. The molecule has 1 aromatic heterocycles. The first-order valence-electron chi connectivity index (χ1n) is 12.2. The highest BCUT2D eigenvalue weighted by Crippen LogP contribution is 2.25. The number of nitrogens with one attached hydrogen (secondary N) is 2. The van der Waals surface area contributed by atoms with Crippen LogP contribution in [0.5, 0.6) is 0 Å². The Morgan fingerprint density at radius 3 is 2.55 bits per heavy atom. The molecule has 38 heavy (non-hydrogen) atoms. The van der Waals surface area contributed by atoms with Gasteiger partial charge in [-0.05, 0) is 60.4 Å². The molecule has 1 fully saturated rings. The van der Waals surface area contributed by atoms with E-state index in [1.165, 1.54) is 12.1 Å². The molecule has 10 heteroatoms. The number of isocyanates is 1. The first-order chi connectivity index (χ1) is 18.4. The van der Waals surface area contributed by atoms with Crippen LogP contribution >= 0.6 is 15.9 Å². The van der Waals surface area contributed by atoms with Gasteiger partial charge in [-0.1, -0.05) is 40.2 Å². The van der Waals surface area contributed by atoms with Gasteiger partial charge in [-0.25, -0.2) is 19.0 Å². The highest BCUT2D eigenvalue weighted by Gasteiger charge is 2.16. The van der Waals surface area contributed by atoms with Crippen LogP contribution in [0.1, 0.15) is 24.0 Å². The fraction of sp³-hybridized carbons (Fsp3) is 0.250. The number of rotatable bonds is 6. The Morgan fingerprint density at radius 1 is 1.11 bits per heavy atom. The van der Waals surface area contributed by atoms with Crippen molar-refractivity contribution in [3.8, 4) is 0 Å². The minimum absolute atomic E-state index is 0.239. The van der Waals surface area contributed by atoms with E-state index < -0.39 is 0 Å². The number of aryl methyl sites for hydroxylation is 1. The van der Waals surface area contributed by atoms with Crippen molar-refractivity contribution in [2.75, 3.05) is 23.3 Å². The second-order valence-electron chi connectivity index (χ2n) is 8.83. The molecular formula is C28H28BrFN6O2. The number of aliphatic imine (C=N–C) groups is 1. The maximum atomic E-state index is 14.4. The fourth-order valence-corrected chi connectivity index (χ4v) is 4.49. The lowest BCUT2D eigenvalue weighted by molar-refractivity contribution is 0.251. The summed E-state index contributed by atoms with van der Waals surface area (Å²) in [6, 6.07) is 18.1. The number of benzene rings is 3. The van der Waals surface area contributed by atoms with Crippen LogP contribution < -0.4 is 15.5 Å². The fourth-order valence-electron chi connectivity index (χ4n) is 4.22. The highest BCUT2D eigenvalue weighted by atomic mass is 79.9. The molecular weight excluding hydrogens is 551 g/mol. The number of amides is 2. The molecule has 1 saturated heterocycles. The number of urea groups is 1. The van der Waals surface area contributed by atoms with Gasteiger partial charge in [0.2, 0.25) is 6.08 Å². The Labute approximate surface area is 228 Å². The lowest BCUT2D eigenvalue weighted by atomic mass is 10.2. The van der Waals surface area contributed by atoms with Gasteiger partial charge >= 0.3 is 6.03 Å². The Bertz CT molecular complexity index is 1440. The van der Waals surface area contributed by atoms with E-state index in [4.69, 9.17) is 0 Å². The lowest BCUT2D eigenvalue weighted by Crippen LogP contribution is -2.28. The number of halogens is 2. The van der Waals surface area contributed by atoms with E-state index in [-0.39, 0.29) is 18.4 Å². The van der Waals surface area contributed by atoms with Crippen LogP contribution in [0.4, 0.5) is 20.6 Å². The van der Waals surface area contributed by atoms with Gasteiger partial charge < -0.3 is 15.5 Å². The summed E-state index contributed by atoms with van der Waals surface area (Å²) in [5.41, 5.74) is 4.01. The molecule has 1 aliphatic rings. The Hall–Kier alpha value is -4.01. The summed E-state index contributed by atoms with van der Waals surface area (Å²) in [6.07, 6.45) is 5.42. The number of fused-ring (bicyclic) bond motifs is 1. The van der Waals surface area contributed by atoms with Gasteiger partial charge in [-0.15, -0.1) is 0 Å². The van der Waals surface area contributed by atoms with Gasteiger partial charge in [0.25, 0.3) is 0 Å². The molecule has 0 atom stereocenters. The molecule has 1 aliphatic heterocycles. The van der Waals surface area contributed by atoms with Gasteiger partial charge in [0, 0.05) is 36.5 Å². The zero-order valence-corrected chi connectivity index (χ0v) is 22.5. The summed E-state index contributed by atoms with van der Waals surface area (Å²) in [4.78, 5) is 27.5. The summed E-state index contributed by atoms with van der Waals surface area (Å²) in [5, 5.41) is 10.7. The van der Waals surface area contributed by atoms with E-state index in [0.29, 0.717) is 17.9 Å². The van der Waals surface area contributed by atoms with Crippen molar-refractivity contribution in [1.82, 2.24) is 15.1 Å². The summed E-state index contributed by atoms with van der Waals surface area (Å²) in [5.74, 6) is -0.239. The number of nitrogens with zero attached hydrogens (tertiary/aromatic N) is 4. The standard InChI is InChI=1S/C20H22FN5O.C8H6BrNO/c1-25-18-6-4-5-17(15(18)13-23-25)24-20(27)22-12-14-7-8-19(16(21)11-14)26-9-2-3-10-26;9-8-3-1-7(2-4-8)5-10-6-11/h4-8,11,13H,2-3,9-10,12H2,1H3,(H2,22,24,27);1-4H,5H2. The van der Waals surface area contributed by atoms with Gasteiger partial charge in [-0.3, -0.25) is 4.68 Å². The zero-order valence-electron chi connectivity index (χ0n) is 21.0. The van der Waals surface area contributed by atoms with Gasteiger partial charge in [0.15, 0.2) is 0 Å². The molecule has 5 rings (SSSR count). The maximum Gasteiger partial charge on any atom is 0.319 e. The quantitative estimate of drug-likeness (QED) is 0.219. The first-order valence-corrected chi connectivity index (χ1v) is 13.0. The largest absolute Gasteiger partial charge is 0.369 e. The molecule has 0 aliphatic carbocycles. The molecule has 0 unspecified atom stereocenters. The monoisotopic (exact) mass is 578 g/mol. The third-order valence-electron chi connectivity index (χ3n) is 6.19. The molecule has 2 amide bonds. The Morgan fingerprint density at radius 2 is 1.84 bits per heavy atom. The predicted molar refractivity (Wildman–Crippen MR) is 150 cm³/mol. The molecule has 8 nitrogen and oxygen atoms in total. The predicted octanol–water partition coefficient (Wildman–Crippen LogP) is 5.92. The van der Waals surface area contributed by atoms with E-state index >= 15 is 0 Å². The molecule has 0 radical (unpaired) electrons.